The van der Waals surface area contributed by atoms with Gasteiger partial charge in [-0.05, 0) is 36.4 Å². The number of ether oxygens (including phenoxy) is 2. The molecular formula is C20H18ClN3O4. The second kappa shape index (κ2) is 8.58. The number of rotatable bonds is 6. The lowest BCUT2D eigenvalue weighted by atomic mass is 10.2. The molecule has 1 heterocycles. The summed E-state index contributed by atoms with van der Waals surface area (Å²) in [6.45, 7) is 0. The summed E-state index contributed by atoms with van der Waals surface area (Å²) in [5, 5.41) is 3.32. The van der Waals surface area contributed by atoms with Crippen molar-refractivity contribution in [3.63, 3.8) is 0 Å². The minimum Gasteiger partial charge on any atom is -0.493 e. The fraction of sp³-hybridized carbons (Fsp3) is 0.150. The molecule has 0 unspecified atom stereocenters. The zero-order valence-electron chi connectivity index (χ0n) is 15.3. The van der Waals surface area contributed by atoms with Crippen molar-refractivity contribution < 1.29 is 14.3 Å². The lowest BCUT2D eigenvalue weighted by Crippen LogP contribution is -2.22. The van der Waals surface area contributed by atoms with Crippen LogP contribution in [0.25, 0.3) is 11.4 Å². The average Bonchev–Trinajstić information content (AvgIpc) is 2.70. The molecule has 3 aromatic rings. The summed E-state index contributed by atoms with van der Waals surface area (Å²) in [7, 11) is 3.04. The Kier molecular flexibility index (Phi) is 5.96. The first kappa shape index (κ1) is 19.4. The van der Waals surface area contributed by atoms with Crippen LogP contribution in [-0.2, 0) is 11.2 Å². The van der Waals surface area contributed by atoms with Crippen LogP contribution in [0.5, 0.6) is 11.5 Å². The van der Waals surface area contributed by atoms with E-state index in [4.69, 9.17) is 21.1 Å². The molecule has 0 atom stereocenters. The zero-order chi connectivity index (χ0) is 20.1. The fourth-order valence-corrected chi connectivity index (χ4v) is 2.72. The number of anilines is 1. The number of hydrogen-bond donors (Lipinski definition) is 2. The van der Waals surface area contributed by atoms with Crippen LogP contribution in [0.1, 0.15) is 5.56 Å². The number of halogens is 1. The number of aromatic amines is 1. The number of H-pyrrole nitrogens is 1. The minimum absolute atomic E-state index is 0.114. The van der Waals surface area contributed by atoms with Crippen molar-refractivity contribution in [2.24, 2.45) is 0 Å². The molecule has 2 aromatic carbocycles. The minimum atomic E-state index is -0.373. The molecule has 28 heavy (non-hydrogen) atoms. The third-order valence-corrected chi connectivity index (χ3v) is 4.26. The van der Waals surface area contributed by atoms with Gasteiger partial charge in [0.2, 0.25) is 5.91 Å². The second-order valence-electron chi connectivity index (χ2n) is 5.89. The Hall–Kier alpha value is -3.32. The van der Waals surface area contributed by atoms with Crippen molar-refractivity contribution in [1.29, 1.82) is 0 Å². The van der Waals surface area contributed by atoms with Gasteiger partial charge < -0.3 is 19.8 Å². The standard InChI is InChI=1S/C20H18ClN3O4/c1-27-16-8-7-15(10-17(16)28-2)23-18(25)9-13-11-22-19(24-20(13)26)12-3-5-14(21)6-4-12/h3-8,10-11H,9H2,1-2H3,(H,23,25)(H,22,24,26). The van der Waals surface area contributed by atoms with E-state index < -0.39 is 0 Å². The second-order valence-corrected chi connectivity index (χ2v) is 6.32. The average molecular weight is 400 g/mol. The third-order valence-electron chi connectivity index (χ3n) is 4.01. The first-order valence-electron chi connectivity index (χ1n) is 8.36. The van der Waals surface area contributed by atoms with E-state index in [9.17, 15) is 9.59 Å². The summed E-state index contributed by atoms with van der Waals surface area (Å²) < 4.78 is 10.4. The van der Waals surface area contributed by atoms with E-state index in [1.54, 1.807) is 42.5 Å². The maximum atomic E-state index is 12.3. The van der Waals surface area contributed by atoms with E-state index >= 15 is 0 Å². The number of hydrogen-bond acceptors (Lipinski definition) is 5. The van der Waals surface area contributed by atoms with Crippen molar-refractivity contribution in [2.75, 3.05) is 19.5 Å². The lowest BCUT2D eigenvalue weighted by Gasteiger charge is -2.10. The third kappa shape index (κ3) is 4.50. The van der Waals surface area contributed by atoms with Crippen molar-refractivity contribution in [3.8, 4) is 22.9 Å². The highest BCUT2D eigenvalue weighted by atomic mass is 35.5. The van der Waals surface area contributed by atoms with Crippen LogP contribution >= 0.6 is 11.6 Å². The van der Waals surface area contributed by atoms with E-state index in [0.29, 0.717) is 28.0 Å². The predicted molar refractivity (Wildman–Crippen MR) is 107 cm³/mol. The van der Waals surface area contributed by atoms with Crippen LogP contribution in [0.2, 0.25) is 5.02 Å². The van der Waals surface area contributed by atoms with Crippen molar-refractivity contribution >= 4 is 23.2 Å². The molecule has 8 heteroatoms. The topological polar surface area (TPSA) is 93.3 Å². The molecule has 3 rings (SSSR count). The van der Waals surface area contributed by atoms with Gasteiger partial charge in [-0.3, -0.25) is 9.59 Å². The number of nitrogens with one attached hydrogen (secondary N) is 2. The van der Waals surface area contributed by atoms with E-state index in [1.807, 2.05) is 0 Å². The molecule has 1 amide bonds. The van der Waals surface area contributed by atoms with Crippen LogP contribution in [0.4, 0.5) is 5.69 Å². The number of methoxy groups -OCH3 is 2. The summed E-state index contributed by atoms with van der Waals surface area (Å²) in [5.41, 5.74) is 1.14. The number of benzene rings is 2. The van der Waals surface area contributed by atoms with Gasteiger partial charge in [0.15, 0.2) is 11.5 Å². The van der Waals surface area contributed by atoms with Gasteiger partial charge in [0.25, 0.3) is 5.56 Å². The monoisotopic (exact) mass is 399 g/mol. The Morgan fingerprint density at radius 2 is 1.82 bits per heavy atom. The Morgan fingerprint density at radius 3 is 2.46 bits per heavy atom. The van der Waals surface area contributed by atoms with Crippen LogP contribution in [0.3, 0.4) is 0 Å². The van der Waals surface area contributed by atoms with Crippen LogP contribution in [0, 0.1) is 0 Å². The smallest absolute Gasteiger partial charge is 0.254 e. The molecule has 0 saturated heterocycles. The fourth-order valence-electron chi connectivity index (χ4n) is 2.59. The van der Waals surface area contributed by atoms with Crippen LogP contribution in [-0.4, -0.2) is 30.1 Å². The molecule has 0 aliphatic rings. The SMILES string of the molecule is COc1ccc(NC(=O)Cc2cnc(-c3ccc(Cl)cc3)[nH]c2=O)cc1OC. The summed E-state index contributed by atoms with van der Waals surface area (Å²) in [5.74, 6) is 1.11. The summed E-state index contributed by atoms with van der Waals surface area (Å²) in [6.07, 6.45) is 1.29. The number of carbonyl (C=O) groups excluding carboxylic acids is 1. The van der Waals surface area contributed by atoms with Gasteiger partial charge in [-0.25, -0.2) is 4.98 Å². The highest BCUT2D eigenvalue weighted by Gasteiger charge is 2.11. The van der Waals surface area contributed by atoms with Gasteiger partial charge in [-0.2, -0.15) is 0 Å². The lowest BCUT2D eigenvalue weighted by molar-refractivity contribution is -0.115. The Balaban J connectivity index is 1.72. The summed E-state index contributed by atoms with van der Waals surface area (Å²) >= 11 is 5.86. The van der Waals surface area contributed by atoms with E-state index in [0.717, 1.165) is 5.56 Å². The van der Waals surface area contributed by atoms with Crippen LogP contribution < -0.4 is 20.3 Å². The first-order chi connectivity index (χ1) is 13.5. The largest absolute Gasteiger partial charge is 0.493 e. The molecule has 144 valence electrons. The van der Waals surface area contributed by atoms with E-state index in [1.165, 1.54) is 20.4 Å². The quantitative estimate of drug-likeness (QED) is 0.663. The van der Waals surface area contributed by atoms with Gasteiger partial charge >= 0.3 is 0 Å². The first-order valence-corrected chi connectivity index (χ1v) is 8.74. The molecule has 1 aromatic heterocycles. The van der Waals surface area contributed by atoms with Gasteiger partial charge in [0, 0.05) is 34.1 Å². The molecule has 0 fully saturated rings. The Morgan fingerprint density at radius 1 is 1.11 bits per heavy atom. The highest BCUT2D eigenvalue weighted by Crippen LogP contribution is 2.29. The maximum absolute atomic E-state index is 12.3. The Bertz CT molecular complexity index is 1050. The molecule has 0 saturated carbocycles. The summed E-state index contributed by atoms with van der Waals surface area (Å²) in [4.78, 5) is 31.5. The molecule has 0 bridgehead atoms. The summed E-state index contributed by atoms with van der Waals surface area (Å²) in [6, 6.07) is 11.9. The van der Waals surface area contributed by atoms with E-state index in [-0.39, 0.29) is 23.5 Å². The van der Waals surface area contributed by atoms with Gasteiger partial charge in [0.05, 0.1) is 20.6 Å². The van der Waals surface area contributed by atoms with Crippen molar-refractivity contribution in [2.45, 2.75) is 6.42 Å². The molecule has 2 N–H and O–H groups in total. The van der Waals surface area contributed by atoms with E-state index in [2.05, 4.69) is 15.3 Å². The normalized spacial score (nSPS) is 10.4. The molecule has 0 aliphatic heterocycles. The van der Waals surface area contributed by atoms with Crippen LogP contribution in [0.15, 0.2) is 53.5 Å². The maximum Gasteiger partial charge on any atom is 0.254 e. The number of aromatic nitrogens is 2. The number of amides is 1. The van der Waals surface area contributed by atoms with Gasteiger partial charge in [-0.1, -0.05) is 11.6 Å². The van der Waals surface area contributed by atoms with Gasteiger partial charge in [-0.15, -0.1) is 0 Å². The molecule has 7 nitrogen and oxygen atoms in total. The molecule has 0 spiro atoms. The predicted octanol–water partition coefficient (Wildman–Crippen LogP) is 3.29. The number of carbonyl (C=O) groups is 1. The number of nitrogens with zero attached hydrogens (tertiary/aromatic N) is 1. The van der Waals surface area contributed by atoms with Crippen molar-refractivity contribution in [1.82, 2.24) is 9.97 Å². The zero-order valence-corrected chi connectivity index (χ0v) is 16.0. The van der Waals surface area contributed by atoms with Crippen molar-refractivity contribution in [3.05, 3.63) is 69.6 Å². The molecular weight excluding hydrogens is 382 g/mol. The Labute approximate surface area is 166 Å². The van der Waals surface area contributed by atoms with Gasteiger partial charge in [0.1, 0.15) is 5.82 Å². The molecule has 0 radical (unpaired) electrons. The molecule has 0 aliphatic carbocycles. The highest BCUT2D eigenvalue weighted by molar-refractivity contribution is 6.30.